The maximum Gasteiger partial charge on any atom is 0.152 e. The molecule has 0 aliphatic heterocycles. The second kappa shape index (κ2) is 4.98. The first-order valence-electron chi connectivity index (χ1n) is 6.21. The van der Waals surface area contributed by atoms with Crippen LogP contribution in [0.5, 0.6) is 0 Å². The van der Waals surface area contributed by atoms with E-state index >= 15 is 0 Å². The summed E-state index contributed by atoms with van der Waals surface area (Å²) < 4.78 is 27.6. The maximum absolute atomic E-state index is 13.9. The molecule has 0 unspecified atom stereocenters. The van der Waals surface area contributed by atoms with Crippen molar-refractivity contribution in [1.82, 2.24) is 4.98 Å². The lowest BCUT2D eigenvalue weighted by Crippen LogP contribution is -1.99. The molecule has 1 saturated carbocycles. The van der Waals surface area contributed by atoms with Crippen molar-refractivity contribution in [3.05, 3.63) is 39.0 Å². The Morgan fingerprint density at radius 1 is 1.16 bits per heavy atom. The third kappa shape index (κ3) is 2.25. The van der Waals surface area contributed by atoms with E-state index in [1.807, 2.05) is 0 Å². The number of halogens is 4. The zero-order valence-corrected chi connectivity index (χ0v) is 12.4. The van der Waals surface area contributed by atoms with Crippen molar-refractivity contribution in [2.45, 2.75) is 31.6 Å². The lowest BCUT2D eigenvalue weighted by atomic mass is 10.0. The number of rotatable bonds is 1. The van der Waals surface area contributed by atoms with Crippen molar-refractivity contribution < 1.29 is 8.78 Å². The number of fused-ring (bicyclic) bond motifs is 1. The van der Waals surface area contributed by atoms with Crippen LogP contribution in [0.3, 0.4) is 0 Å². The summed E-state index contributed by atoms with van der Waals surface area (Å²) >= 11 is 9.29. The van der Waals surface area contributed by atoms with Crippen molar-refractivity contribution in [2.24, 2.45) is 0 Å². The van der Waals surface area contributed by atoms with Gasteiger partial charge in [0, 0.05) is 23.1 Å². The molecule has 0 spiro atoms. The van der Waals surface area contributed by atoms with E-state index in [0.717, 1.165) is 37.4 Å². The quantitative estimate of drug-likeness (QED) is 0.614. The van der Waals surface area contributed by atoms with E-state index in [9.17, 15) is 8.78 Å². The van der Waals surface area contributed by atoms with E-state index in [4.69, 9.17) is 11.6 Å². The Kier molecular flexibility index (Phi) is 3.48. The van der Waals surface area contributed by atoms with Crippen molar-refractivity contribution in [1.29, 1.82) is 0 Å². The van der Waals surface area contributed by atoms with Gasteiger partial charge in [-0.1, -0.05) is 24.4 Å². The highest BCUT2D eigenvalue weighted by atomic mass is 79.9. The van der Waals surface area contributed by atoms with Gasteiger partial charge < -0.3 is 0 Å². The summed E-state index contributed by atoms with van der Waals surface area (Å²) in [6.07, 6.45) is 4.44. The summed E-state index contributed by atoms with van der Waals surface area (Å²) in [7, 11) is 0. The summed E-state index contributed by atoms with van der Waals surface area (Å²) in [5.41, 5.74) is 0.954. The molecular weight excluding hydrogens is 336 g/mol. The lowest BCUT2D eigenvalue weighted by Gasteiger charge is -2.12. The van der Waals surface area contributed by atoms with Crippen LogP contribution in [0.25, 0.3) is 10.9 Å². The average molecular weight is 347 g/mol. The molecule has 0 N–H and O–H groups in total. The van der Waals surface area contributed by atoms with E-state index in [1.165, 1.54) is 0 Å². The summed E-state index contributed by atoms with van der Waals surface area (Å²) in [5, 5.41) is 0.651. The van der Waals surface area contributed by atoms with Gasteiger partial charge in [-0.25, -0.2) is 13.8 Å². The van der Waals surface area contributed by atoms with Crippen LogP contribution in [0.2, 0.25) is 5.02 Å². The van der Waals surface area contributed by atoms with Gasteiger partial charge >= 0.3 is 0 Å². The highest BCUT2D eigenvalue weighted by Gasteiger charge is 2.22. The number of benzene rings is 1. The van der Waals surface area contributed by atoms with Gasteiger partial charge in [0.2, 0.25) is 0 Å². The van der Waals surface area contributed by atoms with E-state index in [2.05, 4.69) is 20.9 Å². The first-order valence-corrected chi connectivity index (χ1v) is 7.38. The summed E-state index contributed by atoms with van der Waals surface area (Å²) in [5.74, 6) is -0.995. The van der Waals surface area contributed by atoms with E-state index in [0.29, 0.717) is 16.3 Å². The van der Waals surface area contributed by atoms with E-state index in [-0.39, 0.29) is 9.99 Å². The molecule has 0 bridgehead atoms. The molecule has 1 heterocycles. The number of hydrogen-bond acceptors (Lipinski definition) is 1. The molecule has 3 rings (SSSR count). The molecule has 0 radical (unpaired) electrons. The van der Waals surface area contributed by atoms with Gasteiger partial charge in [-0.15, -0.1) is 0 Å². The first kappa shape index (κ1) is 13.3. The molecule has 2 aromatic rings. The molecule has 1 fully saturated rings. The standard InChI is InChI=1S/C14H11BrClF2N/c15-13-9(17)6-10(18)14-12(13)8(16)5-11(19-14)7-3-1-2-4-7/h5-7H,1-4H2. The number of pyridine rings is 1. The molecule has 1 aromatic carbocycles. The number of aromatic nitrogens is 1. The second-order valence-corrected chi connectivity index (χ2v) is 6.09. The van der Waals surface area contributed by atoms with Crippen LogP contribution in [0.1, 0.15) is 37.3 Å². The largest absolute Gasteiger partial charge is 0.249 e. The van der Waals surface area contributed by atoms with Crippen LogP contribution >= 0.6 is 27.5 Å². The molecule has 1 aliphatic rings. The second-order valence-electron chi connectivity index (χ2n) is 4.89. The van der Waals surface area contributed by atoms with E-state index in [1.54, 1.807) is 6.07 Å². The lowest BCUT2D eigenvalue weighted by molar-refractivity contribution is 0.585. The average Bonchev–Trinajstić information content (AvgIpc) is 2.89. The number of nitrogens with zero attached hydrogens (tertiary/aromatic N) is 1. The summed E-state index contributed by atoms with van der Waals surface area (Å²) in [6.45, 7) is 0. The predicted molar refractivity (Wildman–Crippen MR) is 75.6 cm³/mol. The minimum atomic E-state index is -0.669. The zero-order chi connectivity index (χ0) is 13.6. The molecule has 100 valence electrons. The summed E-state index contributed by atoms with van der Waals surface area (Å²) in [6, 6.07) is 2.58. The maximum atomic E-state index is 13.9. The highest BCUT2D eigenvalue weighted by molar-refractivity contribution is 9.10. The molecular formula is C14H11BrClF2N. The fraction of sp³-hybridized carbons (Fsp3) is 0.357. The van der Waals surface area contributed by atoms with Crippen LogP contribution in [0, 0.1) is 11.6 Å². The monoisotopic (exact) mass is 345 g/mol. The zero-order valence-electron chi connectivity index (χ0n) is 10.0. The fourth-order valence-corrected chi connectivity index (χ4v) is 3.63. The molecule has 1 nitrogen and oxygen atoms in total. The van der Waals surface area contributed by atoms with Crippen LogP contribution < -0.4 is 0 Å². The van der Waals surface area contributed by atoms with Gasteiger partial charge in [-0.2, -0.15) is 0 Å². The Hall–Kier alpha value is -0.740. The molecule has 0 amide bonds. The molecule has 5 heteroatoms. The van der Waals surface area contributed by atoms with Gasteiger partial charge in [0.1, 0.15) is 11.3 Å². The van der Waals surface area contributed by atoms with E-state index < -0.39 is 11.6 Å². The SMILES string of the molecule is Fc1cc(F)c2nc(C3CCCC3)cc(Cl)c2c1Br. The van der Waals surface area contributed by atoms with Gasteiger partial charge in [-0.05, 0) is 34.8 Å². The Balaban J connectivity index is 2.25. The van der Waals surface area contributed by atoms with Gasteiger partial charge in [0.25, 0.3) is 0 Å². The minimum absolute atomic E-state index is 0.141. The fourth-order valence-electron chi connectivity index (χ4n) is 2.71. The van der Waals surface area contributed by atoms with Crippen molar-refractivity contribution in [3.63, 3.8) is 0 Å². The third-order valence-electron chi connectivity index (χ3n) is 3.67. The normalized spacial score (nSPS) is 16.4. The van der Waals surface area contributed by atoms with Crippen molar-refractivity contribution in [2.75, 3.05) is 0 Å². The molecule has 0 saturated heterocycles. The Morgan fingerprint density at radius 2 is 1.84 bits per heavy atom. The topological polar surface area (TPSA) is 12.9 Å². The molecule has 1 aliphatic carbocycles. The Labute approximate surface area is 123 Å². The minimum Gasteiger partial charge on any atom is -0.249 e. The van der Waals surface area contributed by atoms with Crippen LogP contribution in [0.15, 0.2) is 16.6 Å². The summed E-state index contributed by atoms with van der Waals surface area (Å²) in [4.78, 5) is 4.36. The Morgan fingerprint density at radius 3 is 2.53 bits per heavy atom. The highest BCUT2D eigenvalue weighted by Crippen LogP contribution is 2.38. The van der Waals surface area contributed by atoms with Gasteiger partial charge in [-0.3, -0.25) is 0 Å². The van der Waals surface area contributed by atoms with Gasteiger partial charge in [0.05, 0.1) is 9.50 Å². The van der Waals surface area contributed by atoms with Crippen LogP contribution in [0.4, 0.5) is 8.78 Å². The molecule has 0 atom stereocenters. The van der Waals surface area contributed by atoms with Crippen LogP contribution in [-0.2, 0) is 0 Å². The Bertz CT molecular complexity index is 654. The third-order valence-corrected chi connectivity index (χ3v) is 4.75. The van der Waals surface area contributed by atoms with Gasteiger partial charge in [0.15, 0.2) is 5.82 Å². The smallest absolute Gasteiger partial charge is 0.152 e. The molecule has 19 heavy (non-hydrogen) atoms. The molecule has 1 aromatic heterocycles. The first-order chi connectivity index (χ1) is 9.08. The van der Waals surface area contributed by atoms with Crippen LogP contribution in [-0.4, -0.2) is 4.98 Å². The predicted octanol–water partition coefficient (Wildman–Crippen LogP) is 5.59. The number of hydrogen-bond donors (Lipinski definition) is 0. The van der Waals surface area contributed by atoms with Crippen molar-refractivity contribution in [3.8, 4) is 0 Å². The van der Waals surface area contributed by atoms with Crippen molar-refractivity contribution >= 4 is 38.4 Å².